The Hall–Kier alpha value is -14.5. The van der Waals surface area contributed by atoms with E-state index in [1.54, 1.807) is 12.4 Å². The molecule has 712 valence electrons. The molecule has 0 bridgehead atoms. The Kier molecular flexibility index (Phi) is 32.1. The van der Waals surface area contributed by atoms with Crippen molar-refractivity contribution in [2.45, 2.75) is 81.1 Å². The van der Waals surface area contributed by atoms with E-state index in [-0.39, 0.29) is 80.4 Å². The van der Waals surface area contributed by atoms with Crippen LogP contribution in [0.2, 0.25) is 0 Å². The molecule has 0 unspecified atom stereocenters. The average Bonchev–Trinajstić information content (AvgIpc) is 1.75. The Morgan fingerprint density at radius 2 is 0.507 bits per heavy atom. The van der Waals surface area contributed by atoms with Gasteiger partial charge < -0.3 is 39.2 Å². The third kappa shape index (κ3) is 20.7. The van der Waals surface area contributed by atoms with Crippen molar-refractivity contribution in [2.24, 2.45) is 0 Å². The van der Waals surface area contributed by atoms with E-state index in [0.29, 0.717) is 11.8 Å². The van der Waals surface area contributed by atoms with E-state index in [2.05, 4.69) is 309 Å². The van der Waals surface area contributed by atoms with Crippen molar-refractivity contribution >= 4 is 92.0 Å². The number of hydrogen-bond acceptors (Lipinski definition) is 18. The molecule has 4 aliphatic rings. The first kappa shape index (κ1) is 100. The van der Waals surface area contributed by atoms with E-state index in [0.717, 1.165) is 176 Å². The third-order valence-electron chi connectivity index (χ3n) is 24.7. The molecule has 0 spiro atoms. The molecular formula is C120H98Ir4N18-8. The summed E-state index contributed by atoms with van der Waals surface area (Å²) in [4.78, 5) is 67.1. The normalized spacial score (nSPS) is 12.4. The first-order valence-electron chi connectivity index (χ1n) is 46.3. The van der Waals surface area contributed by atoms with E-state index >= 15 is 0 Å². The zero-order valence-electron chi connectivity index (χ0n) is 79.6. The predicted molar refractivity (Wildman–Crippen MR) is 560 cm³/mol. The van der Waals surface area contributed by atoms with Crippen LogP contribution in [-0.2, 0) is 80.4 Å². The van der Waals surface area contributed by atoms with Crippen LogP contribution in [0.3, 0.4) is 0 Å². The van der Waals surface area contributed by atoms with Crippen LogP contribution in [-0.4, -0.2) is 49.8 Å². The number of benzene rings is 13. The zero-order valence-corrected chi connectivity index (χ0v) is 89.2. The van der Waals surface area contributed by atoms with Crippen LogP contribution in [0.15, 0.2) is 377 Å². The maximum absolute atomic E-state index is 5.41. The standard InChI is InChI=1S/C33H28N4.C31H24N4.C29H28N4.C27H18N6.4Ir/c1-22-13-11-14-23(2)28(22)30-31(29-24(3)15-12-16-25(29)4)35-33-32(34-30)36(26-17-7-5-8-18-26)21-37(33)27-19-9-6-10-20-27;1-22-13-9-11-19-26(22)28-29(27-20-12-10-14-23(27)2)33-31-30(32-28)34(24-15-5-3-6-16-24)21-35(31)25-17-7-4-8-18-25;1-20(2)24-16-11-17-25(21(3)4)27(24)26-18-30-28-29(31-26)33(23-14-9-6-10-15-23)19-32(28)22-12-7-5-8-13-22;1-3-11-22(12-4-1)32-19-33(23-13-5-2-6-14-23)27-26(32)30-24(20-9-7-15-28-17-20)25(31-27)21-10-8-16-29-18-21;;;;/h5-19,21H,1-4H3;3-17,19-21H,1-2H3;5-14,16-21H,1-4H3;1-13,15-19H;;;;/q4*-2;;;;. The molecule has 0 saturated carbocycles. The monoisotopic (exact) mass is 2560 g/mol. The van der Waals surface area contributed by atoms with Gasteiger partial charge in [-0.25, -0.2) is 39.9 Å². The minimum Gasteiger partial charge on any atom is -0.477 e. The van der Waals surface area contributed by atoms with Crippen LogP contribution >= 0.6 is 0 Å². The second kappa shape index (κ2) is 45.4. The Morgan fingerprint density at radius 3 is 0.810 bits per heavy atom. The SMILES string of the molecule is CC(C)c1cccc(C(C)C)c1-c1cnc2c(n1)N(c1[c-]cccc1)[CH-]N2c1ccccc1.Cc1cccc(C)c1-c1nc2c(nc1-c1c(C)cccc1C)N(c1ccccc1)[CH-]N2c1[c-]cccc1.Cc1ccccc1-c1nc2c(nc1-c1ccccc1C)N(c1ccccc1)[CH-]N2c1[c-]cccc1.[Ir].[Ir].[Ir].[Ir].[c-]1ccccc1N1[CH-]N(c2ccccc2)c2nc(-c3cccnc3)c(-c3cccnc3)nc21. The molecule has 4 radical (unpaired) electrons. The molecule has 0 N–H and O–H groups in total. The summed E-state index contributed by atoms with van der Waals surface area (Å²) in [5.74, 6) is 7.05. The number of pyridine rings is 2. The summed E-state index contributed by atoms with van der Waals surface area (Å²) in [5.41, 5.74) is 30.8. The summed E-state index contributed by atoms with van der Waals surface area (Å²) in [5, 5.41) is 0. The predicted octanol–water partition coefficient (Wildman–Crippen LogP) is 29.3. The van der Waals surface area contributed by atoms with Crippen molar-refractivity contribution in [1.82, 2.24) is 49.8 Å². The van der Waals surface area contributed by atoms with E-state index in [4.69, 9.17) is 39.9 Å². The van der Waals surface area contributed by atoms with Crippen molar-refractivity contribution in [3.05, 3.63) is 472 Å². The van der Waals surface area contributed by atoms with Crippen molar-refractivity contribution in [3.63, 3.8) is 0 Å². The van der Waals surface area contributed by atoms with E-state index in [9.17, 15) is 0 Å². The first-order chi connectivity index (χ1) is 67.7. The maximum atomic E-state index is 5.41. The molecule has 22 heteroatoms. The molecule has 23 rings (SSSR count). The molecule has 18 nitrogen and oxygen atoms in total. The van der Waals surface area contributed by atoms with Crippen molar-refractivity contribution in [1.29, 1.82) is 0 Å². The van der Waals surface area contributed by atoms with E-state index < -0.39 is 0 Å². The van der Waals surface area contributed by atoms with Crippen LogP contribution < -0.4 is 39.2 Å². The van der Waals surface area contributed by atoms with Gasteiger partial charge in [-0.15, -0.1) is 49.4 Å². The molecule has 19 aromatic rings. The molecule has 4 aliphatic heterocycles. The number of aryl methyl sites for hydroxylation is 6. The fourth-order valence-corrected chi connectivity index (χ4v) is 17.9. The zero-order chi connectivity index (χ0) is 94.3. The Bertz CT molecular complexity index is 7120. The molecule has 13 aromatic carbocycles. The Balaban J connectivity index is 0.000000135. The fraction of sp³-hybridized carbons (Fsp3) is 0.100. The number of rotatable bonds is 17. The van der Waals surface area contributed by atoms with Gasteiger partial charge in [0.2, 0.25) is 0 Å². The van der Waals surface area contributed by atoms with E-state index in [1.165, 1.54) is 38.9 Å². The van der Waals surface area contributed by atoms with Gasteiger partial charge in [0.25, 0.3) is 0 Å². The van der Waals surface area contributed by atoms with Gasteiger partial charge in [0, 0.05) is 167 Å². The molecule has 0 aliphatic carbocycles. The van der Waals surface area contributed by atoms with Crippen molar-refractivity contribution < 1.29 is 80.4 Å². The number of fused-ring (bicyclic) bond motifs is 4. The molecule has 0 atom stereocenters. The summed E-state index contributed by atoms with van der Waals surface area (Å²) in [6, 6.07) is 130. The Morgan fingerprint density at radius 1 is 0.232 bits per heavy atom. The Labute approximate surface area is 885 Å². The molecular weight excluding hydrogens is 2460 g/mol. The van der Waals surface area contributed by atoms with Gasteiger partial charge in [0.1, 0.15) is 57.9 Å². The molecule has 142 heavy (non-hydrogen) atoms. The molecule has 0 amide bonds. The van der Waals surface area contributed by atoms with Gasteiger partial charge in [0.05, 0.1) is 34.7 Å². The van der Waals surface area contributed by atoms with Gasteiger partial charge in [0.15, 0.2) is 0 Å². The molecule has 10 heterocycles. The summed E-state index contributed by atoms with van der Waals surface area (Å²) < 4.78 is 0. The number of aromatic nitrogens is 10. The smallest absolute Gasteiger partial charge is 0.146 e. The second-order valence-corrected chi connectivity index (χ2v) is 34.6. The quantitative estimate of drug-likeness (QED) is 0.0793. The van der Waals surface area contributed by atoms with Gasteiger partial charge in [-0.05, 0) is 171 Å². The topological polar surface area (TPSA) is 155 Å². The van der Waals surface area contributed by atoms with Gasteiger partial charge in [-0.3, -0.25) is 9.97 Å². The summed E-state index contributed by atoms with van der Waals surface area (Å²) >= 11 is 0. The van der Waals surface area contributed by atoms with E-state index in [1.807, 2.05) is 225 Å². The van der Waals surface area contributed by atoms with Gasteiger partial charge in [-0.2, -0.15) is 121 Å². The summed E-state index contributed by atoms with van der Waals surface area (Å²) in [6.07, 6.45) is 9.05. The number of anilines is 16. The number of para-hydroxylation sites is 8. The van der Waals surface area contributed by atoms with Crippen LogP contribution in [0.4, 0.5) is 92.0 Å². The first-order valence-corrected chi connectivity index (χ1v) is 46.3. The number of hydrogen-bond donors (Lipinski definition) is 0. The minimum atomic E-state index is 0. The largest absolute Gasteiger partial charge is 0.477 e. The van der Waals surface area contributed by atoms with Gasteiger partial charge in [-0.1, -0.05) is 204 Å². The van der Waals surface area contributed by atoms with Crippen LogP contribution in [0.1, 0.15) is 84.0 Å². The van der Waals surface area contributed by atoms with Crippen LogP contribution in [0.25, 0.3) is 78.8 Å². The van der Waals surface area contributed by atoms with Crippen molar-refractivity contribution in [3.8, 4) is 78.8 Å². The number of nitrogens with zero attached hydrogens (tertiary/aromatic N) is 18. The average molecular weight is 2560 g/mol. The van der Waals surface area contributed by atoms with Crippen LogP contribution in [0.5, 0.6) is 0 Å². The summed E-state index contributed by atoms with van der Waals surface area (Å²) in [7, 11) is 0. The van der Waals surface area contributed by atoms with Crippen LogP contribution in [0, 0.1) is 92.5 Å². The third-order valence-corrected chi connectivity index (χ3v) is 24.7. The molecule has 0 fully saturated rings. The minimum absolute atomic E-state index is 0. The second-order valence-electron chi connectivity index (χ2n) is 34.6. The molecule has 0 saturated heterocycles. The van der Waals surface area contributed by atoms with Crippen molar-refractivity contribution in [2.75, 3.05) is 39.2 Å². The van der Waals surface area contributed by atoms with Gasteiger partial charge >= 0.3 is 0 Å². The summed E-state index contributed by atoms with van der Waals surface area (Å²) in [6.45, 7) is 30.0. The molecule has 6 aromatic heterocycles. The fourth-order valence-electron chi connectivity index (χ4n) is 17.9. The maximum Gasteiger partial charge on any atom is 0.146 e.